The van der Waals surface area contributed by atoms with Crippen LogP contribution in [0.2, 0.25) is 0 Å². The number of fused-ring (bicyclic) bond motifs is 1. The van der Waals surface area contributed by atoms with Gasteiger partial charge in [-0.2, -0.15) is 0 Å². The number of hydrogen-bond acceptors (Lipinski definition) is 3. The maximum absolute atomic E-state index is 13.3. The molecule has 3 rings (SSSR count). The Morgan fingerprint density at radius 3 is 2.95 bits per heavy atom. The Morgan fingerprint density at radius 2 is 2.16 bits per heavy atom. The standard InChI is InChI=1S/C13H16FN3O2/c14-9-1-2-12-10(7-9)11(8-19-12)16-13(15)17-3-5-18-6-4-17/h1-2,7,11H,3-6,8H2,(H2,15,16). The minimum atomic E-state index is -0.283. The summed E-state index contributed by atoms with van der Waals surface area (Å²) in [5.41, 5.74) is 6.75. The summed E-state index contributed by atoms with van der Waals surface area (Å²) in [5, 5.41) is 0. The highest BCUT2D eigenvalue weighted by Gasteiger charge is 2.25. The monoisotopic (exact) mass is 265 g/mol. The molecule has 0 radical (unpaired) electrons. The molecule has 6 heteroatoms. The van der Waals surface area contributed by atoms with Crippen molar-refractivity contribution in [3.8, 4) is 5.75 Å². The molecule has 0 amide bonds. The number of halogens is 1. The second kappa shape index (κ2) is 5.05. The van der Waals surface area contributed by atoms with Gasteiger partial charge in [-0.1, -0.05) is 0 Å². The Balaban J connectivity index is 1.79. The molecule has 2 heterocycles. The van der Waals surface area contributed by atoms with E-state index in [2.05, 4.69) is 4.99 Å². The molecule has 5 nitrogen and oxygen atoms in total. The lowest BCUT2D eigenvalue weighted by molar-refractivity contribution is 0.0673. The van der Waals surface area contributed by atoms with Crippen LogP contribution in [0, 0.1) is 5.82 Å². The molecule has 1 saturated heterocycles. The molecule has 0 saturated carbocycles. The van der Waals surface area contributed by atoms with Gasteiger partial charge in [0.15, 0.2) is 5.96 Å². The minimum absolute atomic E-state index is 0.228. The van der Waals surface area contributed by atoms with Crippen molar-refractivity contribution in [2.75, 3.05) is 32.9 Å². The number of guanidine groups is 1. The average Bonchev–Trinajstić information content (AvgIpc) is 2.82. The highest BCUT2D eigenvalue weighted by atomic mass is 19.1. The summed E-state index contributed by atoms with van der Waals surface area (Å²) in [6.45, 7) is 3.19. The van der Waals surface area contributed by atoms with Gasteiger partial charge in [-0.25, -0.2) is 9.38 Å². The van der Waals surface area contributed by atoms with Gasteiger partial charge in [-0.05, 0) is 18.2 Å². The zero-order chi connectivity index (χ0) is 13.2. The summed E-state index contributed by atoms with van der Waals surface area (Å²) in [4.78, 5) is 6.43. The smallest absolute Gasteiger partial charge is 0.192 e. The van der Waals surface area contributed by atoms with Gasteiger partial charge in [0.25, 0.3) is 0 Å². The van der Waals surface area contributed by atoms with Gasteiger partial charge in [-0.15, -0.1) is 0 Å². The van der Waals surface area contributed by atoms with Gasteiger partial charge in [0.1, 0.15) is 24.2 Å². The lowest BCUT2D eigenvalue weighted by Gasteiger charge is -2.28. The SMILES string of the molecule is NC(=NC1COc2ccc(F)cc21)N1CCOCC1. The summed E-state index contributed by atoms with van der Waals surface area (Å²) in [5.74, 6) is 0.869. The van der Waals surface area contributed by atoms with Gasteiger partial charge >= 0.3 is 0 Å². The normalized spacial score (nSPS) is 23.1. The van der Waals surface area contributed by atoms with Crippen LogP contribution in [-0.2, 0) is 4.74 Å². The van der Waals surface area contributed by atoms with Crippen molar-refractivity contribution in [2.45, 2.75) is 6.04 Å². The van der Waals surface area contributed by atoms with E-state index in [1.54, 1.807) is 6.07 Å². The van der Waals surface area contributed by atoms with Crippen molar-refractivity contribution in [3.63, 3.8) is 0 Å². The molecular formula is C13H16FN3O2. The Bertz CT molecular complexity index is 501. The molecule has 1 aromatic carbocycles. The molecule has 0 spiro atoms. The van der Waals surface area contributed by atoms with E-state index < -0.39 is 0 Å². The van der Waals surface area contributed by atoms with Crippen molar-refractivity contribution in [1.82, 2.24) is 4.90 Å². The van der Waals surface area contributed by atoms with Crippen molar-refractivity contribution in [3.05, 3.63) is 29.6 Å². The van der Waals surface area contributed by atoms with Crippen molar-refractivity contribution in [1.29, 1.82) is 0 Å². The van der Waals surface area contributed by atoms with Crippen LogP contribution in [0.4, 0.5) is 4.39 Å². The van der Waals surface area contributed by atoms with Crippen molar-refractivity contribution < 1.29 is 13.9 Å². The molecule has 2 aliphatic rings. The van der Waals surface area contributed by atoms with Crippen molar-refractivity contribution >= 4 is 5.96 Å². The molecule has 1 fully saturated rings. The summed E-state index contributed by atoms with van der Waals surface area (Å²) in [7, 11) is 0. The molecule has 0 bridgehead atoms. The van der Waals surface area contributed by atoms with Gasteiger partial charge in [0, 0.05) is 18.7 Å². The molecule has 0 aromatic heterocycles. The first-order chi connectivity index (χ1) is 9.24. The number of rotatable bonds is 1. The quantitative estimate of drug-likeness (QED) is 0.605. The number of benzene rings is 1. The first-order valence-corrected chi connectivity index (χ1v) is 6.32. The van der Waals surface area contributed by atoms with Gasteiger partial charge in [0.05, 0.1) is 13.2 Å². The van der Waals surface area contributed by atoms with E-state index in [1.807, 2.05) is 4.90 Å². The number of ether oxygens (including phenoxy) is 2. The number of nitrogens with zero attached hydrogens (tertiary/aromatic N) is 2. The topological polar surface area (TPSA) is 60.1 Å². The third-order valence-corrected chi connectivity index (χ3v) is 3.35. The van der Waals surface area contributed by atoms with Gasteiger partial charge in [-0.3, -0.25) is 0 Å². The number of morpholine rings is 1. The van der Waals surface area contributed by atoms with E-state index in [-0.39, 0.29) is 11.9 Å². The summed E-state index contributed by atoms with van der Waals surface area (Å²) in [6, 6.07) is 4.25. The average molecular weight is 265 g/mol. The van der Waals surface area contributed by atoms with Crippen LogP contribution in [0.15, 0.2) is 23.2 Å². The highest BCUT2D eigenvalue weighted by molar-refractivity contribution is 5.78. The van der Waals surface area contributed by atoms with E-state index >= 15 is 0 Å². The maximum Gasteiger partial charge on any atom is 0.192 e. The minimum Gasteiger partial charge on any atom is -0.491 e. The predicted octanol–water partition coefficient (Wildman–Crippen LogP) is 0.906. The fourth-order valence-corrected chi connectivity index (χ4v) is 2.31. The molecule has 0 aliphatic carbocycles. The Hall–Kier alpha value is -1.82. The zero-order valence-electron chi connectivity index (χ0n) is 10.5. The van der Waals surface area contributed by atoms with Crippen LogP contribution in [0.3, 0.4) is 0 Å². The van der Waals surface area contributed by atoms with Crippen molar-refractivity contribution in [2.24, 2.45) is 10.7 Å². The lowest BCUT2D eigenvalue weighted by atomic mass is 10.1. The van der Waals surface area contributed by atoms with Crippen LogP contribution in [0.25, 0.3) is 0 Å². The van der Waals surface area contributed by atoms with Gasteiger partial charge in [0.2, 0.25) is 0 Å². The van der Waals surface area contributed by atoms with Crippen LogP contribution < -0.4 is 10.5 Å². The Morgan fingerprint density at radius 1 is 1.37 bits per heavy atom. The molecule has 1 aromatic rings. The Labute approximate surface area is 110 Å². The van der Waals surface area contributed by atoms with E-state index in [4.69, 9.17) is 15.2 Å². The fourth-order valence-electron chi connectivity index (χ4n) is 2.31. The Kier molecular flexibility index (Phi) is 3.25. The van der Waals surface area contributed by atoms with Crippen LogP contribution >= 0.6 is 0 Å². The second-order valence-corrected chi connectivity index (χ2v) is 4.60. The zero-order valence-corrected chi connectivity index (χ0v) is 10.5. The lowest BCUT2D eigenvalue weighted by Crippen LogP contribution is -2.45. The summed E-state index contributed by atoms with van der Waals surface area (Å²) in [6.07, 6.45) is 0. The highest BCUT2D eigenvalue weighted by Crippen LogP contribution is 2.35. The predicted molar refractivity (Wildman–Crippen MR) is 68.7 cm³/mol. The van der Waals surface area contributed by atoms with Crippen LogP contribution in [0.1, 0.15) is 11.6 Å². The molecule has 19 heavy (non-hydrogen) atoms. The number of nitrogens with two attached hydrogens (primary N) is 1. The third kappa shape index (κ3) is 2.49. The molecule has 1 atom stereocenters. The van der Waals surface area contributed by atoms with E-state index in [0.717, 1.165) is 18.7 Å². The second-order valence-electron chi connectivity index (χ2n) is 4.60. The molecule has 102 valence electrons. The van der Waals surface area contributed by atoms with E-state index in [9.17, 15) is 4.39 Å². The van der Waals surface area contributed by atoms with Gasteiger partial charge < -0.3 is 20.1 Å². The molecule has 2 N–H and O–H groups in total. The fraction of sp³-hybridized carbons (Fsp3) is 0.462. The molecule has 1 unspecified atom stereocenters. The first kappa shape index (κ1) is 12.2. The summed E-state index contributed by atoms with van der Waals surface area (Å²) < 4.78 is 24.0. The largest absolute Gasteiger partial charge is 0.491 e. The van der Waals surface area contributed by atoms with Crippen LogP contribution in [0.5, 0.6) is 5.75 Å². The number of aliphatic imine (C=N–C) groups is 1. The third-order valence-electron chi connectivity index (χ3n) is 3.35. The van der Waals surface area contributed by atoms with E-state index in [1.165, 1.54) is 12.1 Å². The first-order valence-electron chi connectivity index (χ1n) is 6.32. The molecular weight excluding hydrogens is 249 g/mol. The number of hydrogen-bond donors (Lipinski definition) is 1. The van der Waals surface area contributed by atoms with E-state index in [0.29, 0.717) is 31.5 Å². The summed E-state index contributed by atoms with van der Waals surface area (Å²) >= 11 is 0. The maximum atomic E-state index is 13.3. The van der Waals surface area contributed by atoms with Crippen LogP contribution in [-0.4, -0.2) is 43.8 Å². The molecule has 2 aliphatic heterocycles.